The molecule has 1 atom stereocenters. The molecule has 0 spiro atoms. The van der Waals surface area contributed by atoms with E-state index in [-0.39, 0.29) is 6.04 Å². The fourth-order valence-corrected chi connectivity index (χ4v) is 3.36. The van der Waals surface area contributed by atoms with Crippen LogP contribution < -0.4 is 5.73 Å². The highest BCUT2D eigenvalue weighted by Crippen LogP contribution is 2.34. The van der Waals surface area contributed by atoms with Gasteiger partial charge in [0.15, 0.2) is 0 Å². The molecule has 1 aromatic heterocycles. The van der Waals surface area contributed by atoms with Crippen LogP contribution in [0.1, 0.15) is 50.1 Å². The third-order valence-electron chi connectivity index (χ3n) is 4.48. The van der Waals surface area contributed by atoms with Crippen LogP contribution in [-0.2, 0) is 0 Å². The normalized spacial score (nSPS) is 19.2. The summed E-state index contributed by atoms with van der Waals surface area (Å²) < 4.78 is 0. The fourth-order valence-electron chi connectivity index (χ4n) is 3.36. The number of hydrogen-bond donors (Lipinski definition) is 1. The Labute approximate surface area is 115 Å². The highest BCUT2D eigenvalue weighted by Gasteiger charge is 2.22. The molecule has 1 heterocycles. The van der Waals surface area contributed by atoms with Crippen molar-refractivity contribution >= 4 is 10.8 Å². The minimum Gasteiger partial charge on any atom is -0.324 e. The monoisotopic (exact) mass is 254 g/mol. The minimum absolute atomic E-state index is 0.171. The van der Waals surface area contributed by atoms with E-state index >= 15 is 0 Å². The Balaban J connectivity index is 1.94. The number of nitrogens with zero attached hydrogens (tertiary/aromatic N) is 1. The zero-order valence-electron chi connectivity index (χ0n) is 11.4. The van der Waals surface area contributed by atoms with Gasteiger partial charge in [-0.1, -0.05) is 43.9 Å². The summed E-state index contributed by atoms with van der Waals surface area (Å²) in [6, 6.07) is 8.69. The first-order chi connectivity index (χ1) is 9.36. The van der Waals surface area contributed by atoms with Gasteiger partial charge in [-0.15, -0.1) is 0 Å². The molecule has 1 unspecified atom stereocenters. The summed E-state index contributed by atoms with van der Waals surface area (Å²) in [6.07, 6.45) is 11.8. The van der Waals surface area contributed by atoms with E-state index < -0.39 is 0 Å². The van der Waals surface area contributed by atoms with E-state index in [0.29, 0.717) is 5.92 Å². The number of aromatic nitrogens is 1. The molecule has 3 rings (SSSR count). The Morgan fingerprint density at radius 2 is 1.84 bits per heavy atom. The van der Waals surface area contributed by atoms with Crippen LogP contribution in [0, 0.1) is 5.92 Å². The van der Waals surface area contributed by atoms with Crippen LogP contribution in [-0.4, -0.2) is 4.98 Å². The number of rotatable bonds is 2. The molecule has 1 aromatic carbocycles. The minimum atomic E-state index is 0.171. The topological polar surface area (TPSA) is 38.9 Å². The molecule has 0 radical (unpaired) electrons. The van der Waals surface area contributed by atoms with Gasteiger partial charge >= 0.3 is 0 Å². The van der Waals surface area contributed by atoms with E-state index in [9.17, 15) is 0 Å². The zero-order chi connectivity index (χ0) is 13.1. The third kappa shape index (κ3) is 2.64. The van der Waals surface area contributed by atoms with Crippen molar-refractivity contribution in [3.8, 4) is 0 Å². The van der Waals surface area contributed by atoms with Crippen LogP contribution in [0.15, 0.2) is 36.7 Å². The Kier molecular flexibility index (Phi) is 3.79. The van der Waals surface area contributed by atoms with Gasteiger partial charge in [0.1, 0.15) is 0 Å². The average Bonchev–Trinajstić information content (AvgIpc) is 2.75. The van der Waals surface area contributed by atoms with Gasteiger partial charge in [0, 0.05) is 23.8 Å². The van der Waals surface area contributed by atoms with Crippen LogP contribution in [0.2, 0.25) is 0 Å². The second kappa shape index (κ2) is 5.70. The number of benzene rings is 1. The predicted molar refractivity (Wildman–Crippen MR) is 79.9 cm³/mol. The van der Waals surface area contributed by atoms with Crippen LogP contribution in [0.4, 0.5) is 0 Å². The van der Waals surface area contributed by atoms with Crippen molar-refractivity contribution in [1.29, 1.82) is 0 Å². The van der Waals surface area contributed by atoms with Crippen molar-refractivity contribution < 1.29 is 0 Å². The first kappa shape index (κ1) is 12.6. The fraction of sp³-hybridized carbons (Fsp3) is 0.471. The average molecular weight is 254 g/mol. The number of pyridine rings is 1. The number of hydrogen-bond acceptors (Lipinski definition) is 2. The first-order valence-electron chi connectivity index (χ1n) is 7.44. The van der Waals surface area contributed by atoms with Gasteiger partial charge < -0.3 is 5.73 Å². The molecule has 19 heavy (non-hydrogen) atoms. The summed E-state index contributed by atoms with van der Waals surface area (Å²) in [6.45, 7) is 0. The summed E-state index contributed by atoms with van der Waals surface area (Å²) in [4.78, 5) is 4.20. The maximum Gasteiger partial charge on any atom is 0.0346 e. The first-order valence-corrected chi connectivity index (χ1v) is 7.44. The molecule has 0 bridgehead atoms. The Morgan fingerprint density at radius 1 is 1.05 bits per heavy atom. The van der Waals surface area contributed by atoms with Gasteiger partial charge in [-0.2, -0.15) is 0 Å². The highest BCUT2D eigenvalue weighted by molar-refractivity contribution is 5.85. The SMILES string of the molecule is NC(c1cccc2cnccc12)C1CCCCCC1. The summed E-state index contributed by atoms with van der Waals surface area (Å²) in [5.74, 6) is 0.640. The molecule has 2 N–H and O–H groups in total. The van der Waals surface area contributed by atoms with E-state index in [4.69, 9.17) is 5.73 Å². The van der Waals surface area contributed by atoms with Gasteiger partial charge in [-0.3, -0.25) is 4.98 Å². The molecule has 2 aromatic rings. The van der Waals surface area contributed by atoms with Crippen LogP contribution in [0.5, 0.6) is 0 Å². The van der Waals surface area contributed by atoms with E-state index in [1.54, 1.807) is 0 Å². The molecule has 100 valence electrons. The Hall–Kier alpha value is -1.41. The lowest BCUT2D eigenvalue weighted by Gasteiger charge is -2.24. The maximum absolute atomic E-state index is 6.58. The van der Waals surface area contributed by atoms with Gasteiger partial charge in [-0.25, -0.2) is 0 Å². The molecular formula is C17H22N2. The molecule has 1 aliphatic rings. The van der Waals surface area contributed by atoms with Gasteiger partial charge in [0.2, 0.25) is 0 Å². The highest BCUT2D eigenvalue weighted by atomic mass is 14.7. The van der Waals surface area contributed by atoms with Gasteiger partial charge in [0.05, 0.1) is 0 Å². The van der Waals surface area contributed by atoms with Crippen molar-refractivity contribution in [2.75, 3.05) is 0 Å². The van der Waals surface area contributed by atoms with Crippen LogP contribution in [0.3, 0.4) is 0 Å². The summed E-state index contributed by atoms with van der Waals surface area (Å²) >= 11 is 0. The maximum atomic E-state index is 6.58. The van der Waals surface area contributed by atoms with Crippen molar-refractivity contribution in [3.05, 3.63) is 42.2 Å². The van der Waals surface area contributed by atoms with E-state index in [0.717, 1.165) is 0 Å². The Morgan fingerprint density at radius 3 is 2.63 bits per heavy atom. The van der Waals surface area contributed by atoms with E-state index in [1.165, 1.54) is 54.9 Å². The van der Waals surface area contributed by atoms with Crippen molar-refractivity contribution in [2.24, 2.45) is 11.7 Å². The van der Waals surface area contributed by atoms with Gasteiger partial charge in [-0.05, 0) is 35.8 Å². The predicted octanol–water partition coefficient (Wildman–Crippen LogP) is 4.21. The van der Waals surface area contributed by atoms with Gasteiger partial charge in [0.25, 0.3) is 0 Å². The zero-order valence-corrected chi connectivity index (χ0v) is 11.4. The molecule has 2 heteroatoms. The van der Waals surface area contributed by atoms with Crippen molar-refractivity contribution in [3.63, 3.8) is 0 Å². The molecule has 0 saturated heterocycles. The number of fused-ring (bicyclic) bond motifs is 1. The van der Waals surface area contributed by atoms with Crippen LogP contribution >= 0.6 is 0 Å². The van der Waals surface area contributed by atoms with E-state index in [1.807, 2.05) is 12.4 Å². The van der Waals surface area contributed by atoms with Crippen molar-refractivity contribution in [2.45, 2.75) is 44.6 Å². The molecular weight excluding hydrogens is 232 g/mol. The third-order valence-corrected chi connectivity index (χ3v) is 4.48. The van der Waals surface area contributed by atoms with Crippen LogP contribution in [0.25, 0.3) is 10.8 Å². The lowest BCUT2D eigenvalue weighted by Crippen LogP contribution is -2.21. The second-order valence-electron chi connectivity index (χ2n) is 5.72. The smallest absolute Gasteiger partial charge is 0.0346 e. The van der Waals surface area contributed by atoms with E-state index in [2.05, 4.69) is 29.2 Å². The largest absolute Gasteiger partial charge is 0.324 e. The number of nitrogens with two attached hydrogens (primary N) is 1. The molecule has 1 saturated carbocycles. The van der Waals surface area contributed by atoms with Crippen molar-refractivity contribution in [1.82, 2.24) is 4.98 Å². The summed E-state index contributed by atoms with van der Waals surface area (Å²) in [7, 11) is 0. The Bertz CT molecular complexity index is 536. The standard InChI is InChI=1S/C17H22N2/c18-17(13-6-3-1-2-4-7-13)16-9-5-8-14-12-19-11-10-15(14)16/h5,8-13,17H,1-4,6-7,18H2. The lowest BCUT2D eigenvalue weighted by molar-refractivity contribution is 0.384. The summed E-state index contributed by atoms with van der Waals surface area (Å²) in [5.41, 5.74) is 7.88. The second-order valence-corrected chi connectivity index (χ2v) is 5.72. The summed E-state index contributed by atoms with van der Waals surface area (Å²) in [5, 5.41) is 2.47. The molecule has 2 nitrogen and oxygen atoms in total. The quantitative estimate of drug-likeness (QED) is 0.815. The molecule has 0 amide bonds. The molecule has 0 aliphatic heterocycles. The molecule has 1 fully saturated rings. The molecule has 1 aliphatic carbocycles. The lowest BCUT2D eigenvalue weighted by atomic mass is 9.86.